The van der Waals surface area contributed by atoms with Gasteiger partial charge in [-0.05, 0) is 67.5 Å². The van der Waals surface area contributed by atoms with Crippen molar-refractivity contribution < 1.29 is 14.3 Å². The van der Waals surface area contributed by atoms with Crippen molar-refractivity contribution in [3.05, 3.63) is 83.5 Å². The minimum atomic E-state index is 0.153. The van der Waals surface area contributed by atoms with E-state index in [1.807, 2.05) is 31.2 Å². The quantitative estimate of drug-likeness (QED) is 0.311. The summed E-state index contributed by atoms with van der Waals surface area (Å²) in [5.74, 6) is 1.53. The molecule has 1 heterocycles. The lowest BCUT2D eigenvalue weighted by Crippen LogP contribution is -2.51. The Kier molecular flexibility index (Phi) is 9.46. The highest BCUT2D eigenvalue weighted by Crippen LogP contribution is 2.32. The summed E-state index contributed by atoms with van der Waals surface area (Å²) in [6, 6.07) is 12.5. The Bertz CT molecular complexity index is 1200. The molecule has 5 heteroatoms. The number of nitrogens with zero attached hydrogens (tertiary/aromatic N) is 2. The van der Waals surface area contributed by atoms with E-state index in [2.05, 4.69) is 53.7 Å². The van der Waals surface area contributed by atoms with Gasteiger partial charge in [-0.2, -0.15) is 0 Å². The summed E-state index contributed by atoms with van der Waals surface area (Å²) in [5, 5.41) is 0. The number of carbonyl (C=O) groups is 1. The lowest BCUT2D eigenvalue weighted by Gasteiger charge is -2.41. The third-order valence-electron chi connectivity index (χ3n) is 7.76. The number of ether oxygens (including phenoxy) is 2. The molecule has 5 nitrogen and oxygen atoms in total. The molecule has 4 rings (SSSR count). The van der Waals surface area contributed by atoms with E-state index in [0.29, 0.717) is 30.4 Å². The first-order valence-electron chi connectivity index (χ1n) is 13.8. The molecule has 38 heavy (non-hydrogen) atoms. The molecule has 1 atom stereocenters. The summed E-state index contributed by atoms with van der Waals surface area (Å²) in [4.78, 5) is 18.8. The number of hydrogen-bond donors (Lipinski definition) is 0. The third-order valence-corrected chi connectivity index (χ3v) is 7.76. The van der Waals surface area contributed by atoms with Crippen LogP contribution in [-0.4, -0.2) is 57.1 Å². The van der Waals surface area contributed by atoms with Crippen LogP contribution in [0.4, 0.5) is 5.69 Å². The van der Waals surface area contributed by atoms with E-state index in [4.69, 9.17) is 9.47 Å². The topological polar surface area (TPSA) is 42.0 Å². The highest BCUT2D eigenvalue weighted by atomic mass is 16.5. The second-order valence-corrected chi connectivity index (χ2v) is 10.2. The summed E-state index contributed by atoms with van der Waals surface area (Å²) in [5.41, 5.74) is 6.22. The summed E-state index contributed by atoms with van der Waals surface area (Å²) in [6.45, 7) is 12.2. The summed E-state index contributed by atoms with van der Waals surface area (Å²) in [7, 11) is 3.26. The lowest BCUT2D eigenvalue weighted by atomic mass is 9.92. The van der Waals surface area contributed by atoms with Crippen molar-refractivity contribution in [1.82, 2.24) is 4.90 Å². The van der Waals surface area contributed by atoms with Gasteiger partial charge in [0.05, 0.1) is 14.2 Å². The molecular weight excluding hydrogens is 472 g/mol. The Balaban J connectivity index is 1.51. The molecule has 0 bridgehead atoms. The number of aryl methyl sites for hydroxylation is 1. The number of hydrogen-bond acceptors (Lipinski definition) is 5. The van der Waals surface area contributed by atoms with E-state index in [1.54, 1.807) is 14.2 Å². The van der Waals surface area contributed by atoms with Crippen molar-refractivity contribution in [2.45, 2.75) is 52.0 Å². The normalized spacial score (nSPS) is 16.6. The van der Waals surface area contributed by atoms with E-state index in [9.17, 15) is 4.79 Å². The fourth-order valence-electron chi connectivity index (χ4n) is 5.73. The van der Waals surface area contributed by atoms with Crippen molar-refractivity contribution in [3.63, 3.8) is 0 Å². The summed E-state index contributed by atoms with van der Waals surface area (Å²) >= 11 is 0. The standard InChI is InChI=1S/C33H42N2O3/c1-6-28(26-11-8-7-9-12-26)34-19-21-35(22-20-34)29-14-10-13-27(24(2)3)33(29)30(36)17-15-25-16-18-31(37-4)32(23-25)38-5/h8,10-14,16,18,23,28H,2,6-7,9,15,17,19-22H2,1,3-5H3. The van der Waals surface area contributed by atoms with Gasteiger partial charge in [0, 0.05) is 49.9 Å². The van der Waals surface area contributed by atoms with E-state index < -0.39 is 0 Å². The Hall–Kier alpha value is -3.31. The lowest BCUT2D eigenvalue weighted by molar-refractivity contribution is 0.0982. The molecule has 1 fully saturated rings. The van der Waals surface area contributed by atoms with Crippen LogP contribution in [0.3, 0.4) is 0 Å². The van der Waals surface area contributed by atoms with Crippen LogP contribution >= 0.6 is 0 Å². The van der Waals surface area contributed by atoms with Crippen molar-refractivity contribution >= 4 is 17.0 Å². The molecule has 0 saturated carbocycles. The monoisotopic (exact) mass is 514 g/mol. The maximum atomic E-state index is 13.8. The van der Waals surface area contributed by atoms with Crippen molar-refractivity contribution in [2.75, 3.05) is 45.3 Å². The van der Waals surface area contributed by atoms with Crippen LogP contribution in [0, 0.1) is 0 Å². The van der Waals surface area contributed by atoms with Crippen molar-refractivity contribution in [2.24, 2.45) is 0 Å². The molecule has 2 aromatic rings. The van der Waals surface area contributed by atoms with Crippen molar-refractivity contribution in [1.29, 1.82) is 0 Å². The SMILES string of the molecule is C=C(C)c1cccc(N2CCN(C(CC)C3=CCCC=C3)CC2)c1C(=O)CCc1ccc(OC)c(OC)c1. The fraction of sp³-hybridized carbons (Fsp3) is 0.424. The highest BCUT2D eigenvalue weighted by molar-refractivity contribution is 6.05. The molecule has 0 N–H and O–H groups in total. The molecule has 0 radical (unpaired) electrons. The van der Waals surface area contributed by atoms with Gasteiger partial charge in [-0.15, -0.1) is 0 Å². The molecule has 1 aliphatic heterocycles. The number of ketones is 1. The molecule has 1 saturated heterocycles. The molecular formula is C33H42N2O3. The van der Waals surface area contributed by atoms with Gasteiger partial charge < -0.3 is 14.4 Å². The van der Waals surface area contributed by atoms with Gasteiger partial charge in [-0.3, -0.25) is 9.69 Å². The minimum absolute atomic E-state index is 0.153. The minimum Gasteiger partial charge on any atom is -0.493 e. The fourth-order valence-corrected chi connectivity index (χ4v) is 5.73. The third kappa shape index (κ3) is 6.21. The second-order valence-electron chi connectivity index (χ2n) is 10.2. The summed E-state index contributed by atoms with van der Waals surface area (Å²) in [6.07, 6.45) is 11.5. The van der Waals surface area contributed by atoms with Gasteiger partial charge in [0.1, 0.15) is 0 Å². The molecule has 1 unspecified atom stereocenters. The van der Waals surface area contributed by atoms with Crippen LogP contribution in [-0.2, 0) is 6.42 Å². The summed E-state index contributed by atoms with van der Waals surface area (Å²) < 4.78 is 10.8. The number of rotatable bonds is 11. The van der Waals surface area contributed by atoms with E-state index in [0.717, 1.165) is 73.4 Å². The Morgan fingerprint density at radius 2 is 1.79 bits per heavy atom. The maximum Gasteiger partial charge on any atom is 0.165 e. The number of Topliss-reactive ketones (excluding diaryl/α,β-unsaturated/α-hetero) is 1. The number of piperazine rings is 1. The maximum absolute atomic E-state index is 13.8. The molecule has 202 valence electrons. The molecule has 0 spiro atoms. The number of carbonyl (C=O) groups excluding carboxylic acids is 1. The van der Waals surface area contributed by atoms with Crippen molar-refractivity contribution in [3.8, 4) is 11.5 Å². The largest absolute Gasteiger partial charge is 0.493 e. The van der Waals surface area contributed by atoms with Gasteiger partial charge in [-0.25, -0.2) is 0 Å². The van der Waals surface area contributed by atoms with E-state index >= 15 is 0 Å². The number of anilines is 1. The predicted octanol–water partition coefficient (Wildman–Crippen LogP) is 6.73. The van der Waals surface area contributed by atoms with Crippen LogP contribution in [0.15, 0.2) is 66.8 Å². The smallest absolute Gasteiger partial charge is 0.165 e. The molecule has 0 aromatic heterocycles. The Labute approximate surface area is 228 Å². The number of methoxy groups -OCH3 is 2. The second kappa shape index (κ2) is 13.0. The van der Waals surface area contributed by atoms with Crippen LogP contribution < -0.4 is 14.4 Å². The first kappa shape index (κ1) is 27.7. The zero-order valence-corrected chi connectivity index (χ0v) is 23.5. The van der Waals surface area contributed by atoms with Gasteiger partial charge in [0.2, 0.25) is 0 Å². The molecule has 2 aliphatic rings. The van der Waals surface area contributed by atoms with Crippen LogP contribution in [0.25, 0.3) is 5.57 Å². The zero-order valence-electron chi connectivity index (χ0n) is 23.5. The first-order valence-corrected chi connectivity index (χ1v) is 13.8. The van der Waals surface area contributed by atoms with Crippen LogP contribution in [0.1, 0.15) is 61.0 Å². The van der Waals surface area contributed by atoms with Crippen LogP contribution in [0.5, 0.6) is 11.5 Å². The van der Waals surface area contributed by atoms with Gasteiger partial charge in [0.15, 0.2) is 17.3 Å². The average molecular weight is 515 g/mol. The average Bonchev–Trinajstić information content (AvgIpc) is 2.96. The molecule has 1 aliphatic carbocycles. The van der Waals surface area contributed by atoms with E-state index in [1.165, 1.54) is 5.57 Å². The molecule has 0 amide bonds. The Morgan fingerprint density at radius 3 is 2.42 bits per heavy atom. The van der Waals surface area contributed by atoms with Gasteiger partial charge in [0.25, 0.3) is 0 Å². The van der Waals surface area contributed by atoms with Crippen LogP contribution in [0.2, 0.25) is 0 Å². The number of allylic oxidation sites excluding steroid dienone is 3. The molecule has 2 aromatic carbocycles. The number of benzene rings is 2. The van der Waals surface area contributed by atoms with E-state index in [-0.39, 0.29) is 5.78 Å². The van der Waals surface area contributed by atoms with Gasteiger partial charge >= 0.3 is 0 Å². The zero-order chi connectivity index (χ0) is 27.1. The van der Waals surface area contributed by atoms with Gasteiger partial charge in [-0.1, -0.05) is 55.5 Å². The predicted molar refractivity (Wildman–Crippen MR) is 158 cm³/mol. The first-order chi connectivity index (χ1) is 18.5. The Morgan fingerprint density at radius 1 is 1.03 bits per heavy atom. The highest BCUT2D eigenvalue weighted by Gasteiger charge is 2.27.